The van der Waals surface area contributed by atoms with Gasteiger partial charge in [-0.15, -0.1) is 0 Å². The van der Waals surface area contributed by atoms with Gasteiger partial charge >= 0.3 is 5.97 Å². The van der Waals surface area contributed by atoms with E-state index in [0.717, 1.165) is 22.2 Å². The molecule has 0 unspecified atom stereocenters. The maximum absolute atomic E-state index is 12.3. The quantitative estimate of drug-likeness (QED) is 0.470. The van der Waals surface area contributed by atoms with Crippen molar-refractivity contribution in [2.45, 2.75) is 33.1 Å². The molecule has 0 aliphatic rings. The molecule has 0 atom stereocenters. The number of nitrogens with zero attached hydrogens (tertiary/aromatic N) is 2. The molecule has 3 aromatic rings. The Labute approximate surface area is 168 Å². The Kier molecular flexibility index (Phi) is 6.39. The van der Waals surface area contributed by atoms with Gasteiger partial charge in [0.2, 0.25) is 0 Å². The van der Waals surface area contributed by atoms with Gasteiger partial charge in [0.15, 0.2) is 5.90 Å². The predicted octanol–water partition coefficient (Wildman–Crippen LogP) is 3.75. The minimum absolute atomic E-state index is 0.0719. The van der Waals surface area contributed by atoms with Crippen LogP contribution in [0.25, 0.3) is 10.8 Å². The maximum Gasteiger partial charge on any atom is 0.303 e. The van der Waals surface area contributed by atoms with Crippen LogP contribution in [-0.4, -0.2) is 33.8 Å². The first-order valence-corrected chi connectivity index (χ1v) is 9.45. The lowest BCUT2D eigenvalue weighted by Crippen LogP contribution is -2.11. The van der Waals surface area contributed by atoms with Crippen molar-refractivity contribution in [3.63, 3.8) is 0 Å². The molecule has 0 bridgehead atoms. The summed E-state index contributed by atoms with van der Waals surface area (Å²) in [5.41, 5.74) is 3.28. The molecule has 0 fully saturated rings. The summed E-state index contributed by atoms with van der Waals surface area (Å²) in [5.74, 6) is -0.584. The summed E-state index contributed by atoms with van der Waals surface area (Å²) >= 11 is 0. The molecular weight excluding hydrogens is 370 g/mol. The number of fused-ring (bicyclic) bond motifs is 1. The Balaban J connectivity index is 1.97. The van der Waals surface area contributed by atoms with Crippen molar-refractivity contribution >= 4 is 28.3 Å². The zero-order valence-electron chi connectivity index (χ0n) is 16.4. The van der Waals surface area contributed by atoms with Crippen LogP contribution in [-0.2, 0) is 16.0 Å². The molecular formula is C22H23N3O4. The summed E-state index contributed by atoms with van der Waals surface area (Å²) in [6, 6.07) is 13.4. The fraction of sp³-hybridized carbons (Fsp3) is 0.273. The second-order valence-electron chi connectivity index (χ2n) is 6.73. The minimum atomic E-state index is -0.917. The van der Waals surface area contributed by atoms with Crippen LogP contribution < -0.4 is 5.56 Å². The lowest BCUT2D eigenvalue weighted by atomic mass is 10.0. The van der Waals surface area contributed by atoms with E-state index in [2.05, 4.69) is 21.3 Å². The number of hydrogen-bond donors (Lipinski definition) is 2. The highest BCUT2D eigenvalue weighted by Gasteiger charge is 2.10. The molecule has 0 aliphatic carbocycles. The van der Waals surface area contributed by atoms with E-state index in [-0.39, 0.29) is 18.4 Å². The normalized spacial score (nSPS) is 11.6. The first-order valence-electron chi connectivity index (χ1n) is 9.45. The largest absolute Gasteiger partial charge is 0.481 e. The molecule has 0 radical (unpaired) electrons. The number of aryl methyl sites for hydroxylation is 1. The van der Waals surface area contributed by atoms with Gasteiger partial charge in [-0.3, -0.25) is 9.59 Å². The monoisotopic (exact) mass is 393 g/mol. The predicted molar refractivity (Wildman–Crippen MR) is 112 cm³/mol. The highest BCUT2D eigenvalue weighted by atomic mass is 16.5. The Morgan fingerprint density at radius 1 is 1.17 bits per heavy atom. The Morgan fingerprint density at radius 3 is 2.72 bits per heavy atom. The number of carbonyl (C=O) groups is 1. The van der Waals surface area contributed by atoms with Crippen molar-refractivity contribution in [1.82, 2.24) is 10.2 Å². The fourth-order valence-electron chi connectivity index (χ4n) is 3.12. The van der Waals surface area contributed by atoms with Crippen molar-refractivity contribution in [3.8, 4) is 0 Å². The van der Waals surface area contributed by atoms with E-state index in [9.17, 15) is 9.59 Å². The van der Waals surface area contributed by atoms with Gasteiger partial charge in [0.25, 0.3) is 5.56 Å². The van der Waals surface area contributed by atoms with Crippen LogP contribution in [0.4, 0.5) is 5.69 Å². The Morgan fingerprint density at radius 2 is 2.00 bits per heavy atom. The highest BCUT2D eigenvalue weighted by molar-refractivity contribution is 5.88. The number of H-pyrrole nitrogens is 1. The lowest BCUT2D eigenvalue weighted by Gasteiger charge is -2.08. The van der Waals surface area contributed by atoms with Gasteiger partial charge in [-0.25, -0.2) is 10.1 Å². The topological polar surface area (TPSA) is 105 Å². The molecule has 0 spiro atoms. The van der Waals surface area contributed by atoms with Gasteiger partial charge in [-0.2, -0.15) is 5.10 Å². The van der Waals surface area contributed by atoms with Crippen LogP contribution in [0.15, 0.2) is 52.3 Å². The van der Waals surface area contributed by atoms with Gasteiger partial charge in [-0.05, 0) is 31.5 Å². The number of hydrogen-bond acceptors (Lipinski definition) is 5. The third-order valence-electron chi connectivity index (χ3n) is 4.42. The van der Waals surface area contributed by atoms with Crippen molar-refractivity contribution in [1.29, 1.82) is 0 Å². The van der Waals surface area contributed by atoms with E-state index in [1.54, 1.807) is 12.1 Å². The number of nitrogens with one attached hydrogen (secondary N) is 1. The van der Waals surface area contributed by atoms with Crippen molar-refractivity contribution in [2.24, 2.45) is 4.99 Å². The van der Waals surface area contributed by atoms with Gasteiger partial charge in [0.05, 0.1) is 29.8 Å². The first-order chi connectivity index (χ1) is 14.0. The zero-order valence-corrected chi connectivity index (χ0v) is 16.4. The van der Waals surface area contributed by atoms with Crippen molar-refractivity contribution in [2.75, 3.05) is 6.61 Å². The van der Waals surface area contributed by atoms with Crippen molar-refractivity contribution < 1.29 is 14.6 Å². The summed E-state index contributed by atoms with van der Waals surface area (Å²) in [5, 5.41) is 16.9. The van der Waals surface area contributed by atoms with Gasteiger partial charge in [-0.1, -0.05) is 35.9 Å². The van der Waals surface area contributed by atoms with Crippen LogP contribution in [0, 0.1) is 6.92 Å². The number of carboxylic acid groups (broad SMARTS) is 1. The lowest BCUT2D eigenvalue weighted by molar-refractivity contribution is -0.136. The molecule has 150 valence electrons. The number of ether oxygens (including phenoxy) is 1. The maximum atomic E-state index is 12.3. The van der Waals surface area contributed by atoms with Gasteiger partial charge in [0, 0.05) is 18.2 Å². The molecule has 7 heteroatoms. The summed E-state index contributed by atoms with van der Waals surface area (Å²) in [7, 11) is 0. The second kappa shape index (κ2) is 9.14. The minimum Gasteiger partial charge on any atom is -0.481 e. The highest BCUT2D eigenvalue weighted by Crippen LogP contribution is 2.23. The van der Waals surface area contributed by atoms with Crippen LogP contribution in [0.3, 0.4) is 0 Å². The number of aromatic nitrogens is 2. The van der Waals surface area contributed by atoms with Crippen LogP contribution in [0.5, 0.6) is 0 Å². The summed E-state index contributed by atoms with van der Waals surface area (Å²) in [4.78, 5) is 27.6. The first kappa shape index (κ1) is 20.3. The standard InChI is InChI=1S/C22H23N3O4/c1-3-29-20(9-10-21(26)27)23-16-7-8-17-18(13-16)22(28)25-24-19(17)12-15-6-4-5-14(2)11-15/h4-8,11,13H,3,9-10,12H2,1-2H3,(H,25,28)(H,26,27). The van der Waals surface area contributed by atoms with E-state index < -0.39 is 5.97 Å². The van der Waals surface area contributed by atoms with Gasteiger partial charge in [0.1, 0.15) is 0 Å². The van der Waals surface area contributed by atoms with E-state index >= 15 is 0 Å². The smallest absolute Gasteiger partial charge is 0.303 e. The molecule has 2 N–H and O–H groups in total. The Bertz CT molecular complexity index is 1120. The molecule has 1 heterocycles. The average Bonchev–Trinajstić information content (AvgIpc) is 2.69. The molecule has 0 aliphatic heterocycles. The number of benzene rings is 2. The third-order valence-corrected chi connectivity index (χ3v) is 4.42. The third kappa shape index (κ3) is 5.28. The molecule has 2 aromatic carbocycles. The van der Waals surface area contributed by atoms with Crippen LogP contribution >= 0.6 is 0 Å². The van der Waals surface area contributed by atoms with E-state index in [4.69, 9.17) is 9.84 Å². The average molecular weight is 393 g/mol. The summed E-state index contributed by atoms with van der Waals surface area (Å²) in [6.07, 6.45) is 0.713. The molecule has 3 rings (SSSR count). The molecule has 7 nitrogen and oxygen atoms in total. The number of aromatic amines is 1. The summed E-state index contributed by atoms with van der Waals surface area (Å²) in [6.45, 7) is 4.23. The zero-order chi connectivity index (χ0) is 20.8. The second-order valence-corrected chi connectivity index (χ2v) is 6.73. The number of aliphatic imine (C=N–C) groups is 1. The molecule has 0 saturated carbocycles. The molecule has 29 heavy (non-hydrogen) atoms. The van der Waals surface area contributed by atoms with Crippen molar-refractivity contribution in [3.05, 3.63) is 69.6 Å². The van der Waals surface area contributed by atoms with Gasteiger partial charge < -0.3 is 9.84 Å². The van der Waals surface area contributed by atoms with Crippen LogP contribution in [0.1, 0.15) is 36.6 Å². The van der Waals surface area contributed by atoms with E-state index in [0.29, 0.717) is 30.0 Å². The van der Waals surface area contributed by atoms with E-state index in [1.165, 1.54) is 0 Å². The fourth-order valence-corrected chi connectivity index (χ4v) is 3.12. The van der Waals surface area contributed by atoms with Crippen LogP contribution in [0.2, 0.25) is 0 Å². The number of carboxylic acids is 1. The molecule has 1 aromatic heterocycles. The van der Waals surface area contributed by atoms with E-state index in [1.807, 2.05) is 38.1 Å². The molecule has 0 saturated heterocycles. The molecule has 0 amide bonds. The summed E-state index contributed by atoms with van der Waals surface area (Å²) < 4.78 is 5.44. The Hall–Kier alpha value is -3.48. The SMILES string of the molecule is CCOC(CCC(=O)O)=Nc1ccc2c(Cc3cccc(C)c3)n[nH]c(=O)c2c1. The number of aliphatic carboxylic acids is 1. The number of rotatable bonds is 7.